The molecule has 1 aliphatic rings. The Morgan fingerprint density at radius 3 is 2.56 bits per heavy atom. The standard InChI is InChI=1S/C14H19NO/c1-3-14(10-13(16)15-11(14)2)9-12-7-5-4-6-8-12/h4-8,11H,3,9-10H2,1-2H3,(H,15,16). The molecule has 1 fully saturated rings. The number of rotatable bonds is 3. The van der Waals surface area contributed by atoms with Gasteiger partial charge in [0.05, 0.1) is 0 Å². The molecular weight excluding hydrogens is 198 g/mol. The molecule has 2 unspecified atom stereocenters. The zero-order valence-electron chi connectivity index (χ0n) is 9.99. The maximum Gasteiger partial charge on any atom is 0.220 e. The Kier molecular flexibility index (Phi) is 2.99. The molecule has 1 aromatic carbocycles. The summed E-state index contributed by atoms with van der Waals surface area (Å²) in [6, 6.07) is 10.7. The molecule has 0 bridgehead atoms. The van der Waals surface area contributed by atoms with Crippen LogP contribution in [0.4, 0.5) is 0 Å². The van der Waals surface area contributed by atoms with Gasteiger partial charge in [0.25, 0.3) is 0 Å². The highest BCUT2D eigenvalue weighted by Crippen LogP contribution is 2.38. The highest BCUT2D eigenvalue weighted by Gasteiger charge is 2.42. The summed E-state index contributed by atoms with van der Waals surface area (Å²) in [5, 5.41) is 3.04. The molecule has 0 aliphatic carbocycles. The zero-order chi connectivity index (χ0) is 11.6. The molecule has 1 heterocycles. The molecule has 1 aliphatic heterocycles. The van der Waals surface area contributed by atoms with Crippen molar-refractivity contribution in [3.05, 3.63) is 35.9 Å². The first kappa shape index (κ1) is 11.2. The third kappa shape index (κ3) is 1.97. The van der Waals surface area contributed by atoms with E-state index in [4.69, 9.17) is 0 Å². The van der Waals surface area contributed by atoms with Gasteiger partial charge in [0.2, 0.25) is 5.91 Å². The number of hydrogen-bond acceptors (Lipinski definition) is 1. The van der Waals surface area contributed by atoms with Gasteiger partial charge < -0.3 is 5.32 Å². The van der Waals surface area contributed by atoms with E-state index in [-0.39, 0.29) is 17.4 Å². The van der Waals surface area contributed by atoms with Gasteiger partial charge in [-0.25, -0.2) is 0 Å². The van der Waals surface area contributed by atoms with Crippen LogP contribution in [0.5, 0.6) is 0 Å². The predicted octanol–water partition coefficient (Wildman–Crippen LogP) is 2.53. The van der Waals surface area contributed by atoms with Gasteiger partial charge in [0.1, 0.15) is 0 Å². The first-order chi connectivity index (χ1) is 7.66. The van der Waals surface area contributed by atoms with E-state index in [9.17, 15) is 4.79 Å². The van der Waals surface area contributed by atoms with Crippen LogP contribution in [0.15, 0.2) is 30.3 Å². The van der Waals surface area contributed by atoms with Gasteiger partial charge in [-0.1, -0.05) is 37.3 Å². The Morgan fingerprint density at radius 1 is 1.38 bits per heavy atom. The van der Waals surface area contributed by atoms with Crippen molar-refractivity contribution in [1.82, 2.24) is 5.32 Å². The lowest BCUT2D eigenvalue weighted by molar-refractivity contribution is -0.119. The predicted molar refractivity (Wildman–Crippen MR) is 65.1 cm³/mol. The fourth-order valence-electron chi connectivity index (χ4n) is 2.69. The molecule has 0 radical (unpaired) electrons. The quantitative estimate of drug-likeness (QED) is 0.828. The molecule has 16 heavy (non-hydrogen) atoms. The maximum absolute atomic E-state index is 11.5. The molecular formula is C14H19NO. The lowest BCUT2D eigenvalue weighted by atomic mass is 9.74. The molecule has 2 heteroatoms. The van der Waals surface area contributed by atoms with Gasteiger partial charge >= 0.3 is 0 Å². The number of hydrogen-bond donors (Lipinski definition) is 1. The molecule has 0 saturated carbocycles. The molecule has 2 nitrogen and oxygen atoms in total. The van der Waals surface area contributed by atoms with Crippen LogP contribution in [-0.2, 0) is 11.2 Å². The van der Waals surface area contributed by atoms with Crippen LogP contribution in [0.2, 0.25) is 0 Å². The minimum Gasteiger partial charge on any atom is -0.353 e. The van der Waals surface area contributed by atoms with Gasteiger partial charge in [0, 0.05) is 17.9 Å². The molecule has 2 atom stereocenters. The van der Waals surface area contributed by atoms with Crippen LogP contribution in [0.1, 0.15) is 32.3 Å². The van der Waals surface area contributed by atoms with E-state index in [1.165, 1.54) is 5.56 Å². The third-order valence-electron chi connectivity index (χ3n) is 3.91. The fourth-order valence-corrected chi connectivity index (χ4v) is 2.69. The van der Waals surface area contributed by atoms with Gasteiger partial charge in [-0.05, 0) is 25.3 Å². The third-order valence-corrected chi connectivity index (χ3v) is 3.91. The van der Waals surface area contributed by atoms with Crippen molar-refractivity contribution in [2.45, 2.75) is 39.2 Å². The van der Waals surface area contributed by atoms with Crippen LogP contribution in [0, 0.1) is 5.41 Å². The Hall–Kier alpha value is -1.31. The van der Waals surface area contributed by atoms with Crippen molar-refractivity contribution >= 4 is 5.91 Å². The van der Waals surface area contributed by atoms with E-state index in [0.717, 1.165) is 12.8 Å². The SMILES string of the molecule is CCC1(Cc2ccccc2)CC(=O)NC1C. The van der Waals surface area contributed by atoms with E-state index in [1.807, 2.05) is 6.07 Å². The van der Waals surface area contributed by atoms with Gasteiger partial charge in [-0.3, -0.25) is 4.79 Å². The van der Waals surface area contributed by atoms with Crippen molar-refractivity contribution in [3.8, 4) is 0 Å². The number of amides is 1. The van der Waals surface area contributed by atoms with Crippen molar-refractivity contribution in [2.24, 2.45) is 5.41 Å². The van der Waals surface area contributed by atoms with Gasteiger partial charge in [-0.2, -0.15) is 0 Å². The average molecular weight is 217 g/mol. The molecule has 86 valence electrons. The first-order valence-corrected chi connectivity index (χ1v) is 5.99. The number of nitrogens with one attached hydrogen (secondary N) is 1. The molecule has 0 spiro atoms. The minimum atomic E-state index is 0.110. The van der Waals surface area contributed by atoms with Gasteiger partial charge in [0.15, 0.2) is 0 Å². The number of carbonyl (C=O) groups excluding carboxylic acids is 1. The summed E-state index contributed by atoms with van der Waals surface area (Å²) in [6.45, 7) is 4.30. The Bertz CT molecular complexity index is 374. The number of benzene rings is 1. The van der Waals surface area contributed by atoms with Crippen LogP contribution >= 0.6 is 0 Å². The summed E-state index contributed by atoms with van der Waals surface area (Å²) in [6.07, 6.45) is 2.70. The summed E-state index contributed by atoms with van der Waals surface area (Å²) in [4.78, 5) is 11.5. The van der Waals surface area contributed by atoms with Crippen molar-refractivity contribution in [1.29, 1.82) is 0 Å². The molecule has 1 amide bonds. The smallest absolute Gasteiger partial charge is 0.220 e. The Morgan fingerprint density at radius 2 is 2.06 bits per heavy atom. The summed E-state index contributed by atoms with van der Waals surface area (Å²) in [5.41, 5.74) is 1.44. The second-order valence-electron chi connectivity index (χ2n) is 4.84. The van der Waals surface area contributed by atoms with Crippen LogP contribution in [0.25, 0.3) is 0 Å². The second kappa shape index (κ2) is 4.28. The molecule has 1 N–H and O–H groups in total. The Balaban J connectivity index is 2.20. The van der Waals surface area contributed by atoms with E-state index in [0.29, 0.717) is 6.42 Å². The Labute approximate surface area is 97.1 Å². The summed E-state index contributed by atoms with van der Waals surface area (Å²) < 4.78 is 0. The summed E-state index contributed by atoms with van der Waals surface area (Å²) in [7, 11) is 0. The molecule has 1 aromatic rings. The average Bonchev–Trinajstić information content (AvgIpc) is 2.56. The summed E-state index contributed by atoms with van der Waals surface area (Å²) in [5.74, 6) is 0.199. The first-order valence-electron chi connectivity index (χ1n) is 5.99. The van der Waals surface area contributed by atoms with E-state index in [2.05, 4.69) is 43.4 Å². The molecule has 1 saturated heterocycles. The van der Waals surface area contributed by atoms with Gasteiger partial charge in [-0.15, -0.1) is 0 Å². The molecule has 0 aromatic heterocycles. The lowest BCUT2D eigenvalue weighted by Gasteiger charge is -2.31. The van der Waals surface area contributed by atoms with Crippen molar-refractivity contribution < 1.29 is 4.79 Å². The summed E-state index contributed by atoms with van der Waals surface area (Å²) >= 11 is 0. The topological polar surface area (TPSA) is 29.1 Å². The lowest BCUT2D eigenvalue weighted by Crippen LogP contribution is -2.35. The normalized spacial score (nSPS) is 29.1. The van der Waals surface area contributed by atoms with Crippen molar-refractivity contribution in [2.75, 3.05) is 0 Å². The van der Waals surface area contributed by atoms with E-state index in [1.54, 1.807) is 0 Å². The monoisotopic (exact) mass is 217 g/mol. The minimum absolute atomic E-state index is 0.110. The largest absolute Gasteiger partial charge is 0.353 e. The van der Waals surface area contributed by atoms with E-state index >= 15 is 0 Å². The van der Waals surface area contributed by atoms with Crippen molar-refractivity contribution in [3.63, 3.8) is 0 Å². The highest BCUT2D eigenvalue weighted by molar-refractivity contribution is 5.80. The maximum atomic E-state index is 11.5. The van der Waals surface area contributed by atoms with Crippen LogP contribution < -0.4 is 5.32 Å². The highest BCUT2D eigenvalue weighted by atomic mass is 16.2. The molecule has 2 rings (SSSR count). The van der Waals surface area contributed by atoms with Crippen LogP contribution in [-0.4, -0.2) is 11.9 Å². The zero-order valence-corrected chi connectivity index (χ0v) is 9.99. The van der Waals surface area contributed by atoms with Crippen LogP contribution in [0.3, 0.4) is 0 Å². The second-order valence-corrected chi connectivity index (χ2v) is 4.84. The number of carbonyl (C=O) groups is 1. The van der Waals surface area contributed by atoms with E-state index < -0.39 is 0 Å². The fraction of sp³-hybridized carbons (Fsp3) is 0.500.